The maximum Gasteiger partial charge on any atom is 0.305 e. The molecule has 2 N–H and O–H groups in total. The molecular formula is C26H31ClN2O5. The van der Waals surface area contributed by atoms with E-state index in [1.54, 1.807) is 12.1 Å². The molecule has 34 heavy (non-hydrogen) atoms. The van der Waals surface area contributed by atoms with Gasteiger partial charge in [-0.3, -0.25) is 19.3 Å². The van der Waals surface area contributed by atoms with Crippen molar-refractivity contribution >= 4 is 29.4 Å². The predicted octanol–water partition coefficient (Wildman–Crippen LogP) is 4.30. The third-order valence-corrected chi connectivity index (χ3v) is 6.15. The summed E-state index contributed by atoms with van der Waals surface area (Å²) < 4.78 is 5.79. The zero-order valence-corrected chi connectivity index (χ0v) is 20.1. The number of benzene rings is 2. The van der Waals surface area contributed by atoms with Gasteiger partial charge in [0, 0.05) is 23.9 Å². The molecule has 0 saturated carbocycles. The highest BCUT2D eigenvalue weighted by atomic mass is 35.5. The standard InChI is InChI=1S/C26H31ClN2O5/c1-18-16-19(5-10-23(18)34-15-14-29-24(30)11-12-25(29)31)4-2-3-13-28-22(17-26(32)33)20-6-8-21(27)9-7-20/h5-10,16,22,28H,2-4,11-15,17H2,1H3,(H,32,33)/t22-/m0/s1. The van der Waals surface area contributed by atoms with Crippen LogP contribution in [0, 0.1) is 6.92 Å². The Labute approximate surface area is 205 Å². The van der Waals surface area contributed by atoms with Gasteiger partial charge in [0.15, 0.2) is 0 Å². The number of carbonyl (C=O) groups excluding carboxylic acids is 2. The van der Waals surface area contributed by atoms with Crippen LogP contribution >= 0.6 is 11.6 Å². The number of imide groups is 1. The van der Waals surface area contributed by atoms with Gasteiger partial charge in [-0.25, -0.2) is 0 Å². The molecule has 1 aliphatic heterocycles. The number of hydrogen-bond acceptors (Lipinski definition) is 5. The Morgan fingerprint density at radius 2 is 1.82 bits per heavy atom. The van der Waals surface area contributed by atoms with Gasteiger partial charge in [-0.1, -0.05) is 35.9 Å². The van der Waals surface area contributed by atoms with Crippen molar-refractivity contribution in [2.75, 3.05) is 19.7 Å². The van der Waals surface area contributed by atoms with Gasteiger partial charge in [0.05, 0.1) is 13.0 Å². The first-order chi connectivity index (χ1) is 16.3. The quantitative estimate of drug-likeness (QED) is 0.323. The second-order valence-corrected chi connectivity index (χ2v) is 8.94. The van der Waals surface area contributed by atoms with Crippen molar-refractivity contribution < 1.29 is 24.2 Å². The maximum atomic E-state index is 11.7. The predicted molar refractivity (Wildman–Crippen MR) is 130 cm³/mol. The summed E-state index contributed by atoms with van der Waals surface area (Å²) in [5, 5.41) is 13.2. The van der Waals surface area contributed by atoms with E-state index in [9.17, 15) is 19.5 Å². The van der Waals surface area contributed by atoms with Crippen molar-refractivity contribution in [2.45, 2.75) is 51.5 Å². The maximum absolute atomic E-state index is 11.7. The fraction of sp³-hybridized carbons (Fsp3) is 0.423. The van der Waals surface area contributed by atoms with Crippen LogP contribution in [0.25, 0.3) is 0 Å². The van der Waals surface area contributed by atoms with Crippen LogP contribution < -0.4 is 10.1 Å². The van der Waals surface area contributed by atoms with Crippen molar-refractivity contribution in [3.05, 3.63) is 64.2 Å². The molecule has 3 rings (SSSR count). The van der Waals surface area contributed by atoms with Crippen LogP contribution in [-0.2, 0) is 20.8 Å². The summed E-state index contributed by atoms with van der Waals surface area (Å²) in [4.78, 5) is 35.8. The average Bonchev–Trinajstić information content (AvgIpc) is 3.12. The lowest BCUT2D eigenvalue weighted by Crippen LogP contribution is -2.33. The van der Waals surface area contributed by atoms with Gasteiger partial charge in [0.2, 0.25) is 11.8 Å². The number of ether oxygens (including phenoxy) is 1. The molecule has 1 saturated heterocycles. The zero-order valence-electron chi connectivity index (χ0n) is 19.4. The molecule has 7 nitrogen and oxygen atoms in total. The highest BCUT2D eigenvalue weighted by molar-refractivity contribution is 6.30. The minimum Gasteiger partial charge on any atom is -0.491 e. The van der Waals surface area contributed by atoms with Crippen molar-refractivity contribution in [3.63, 3.8) is 0 Å². The molecule has 0 radical (unpaired) electrons. The Morgan fingerprint density at radius 1 is 1.12 bits per heavy atom. The van der Waals surface area contributed by atoms with E-state index < -0.39 is 5.97 Å². The number of carboxylic acids is 1. The second-order valence-electron chi connectivity index (χ2n) is 8.50. The van der Waals surface area contributed by atoms with E-state index in [2.05, 4.69) is 11.4 Å². The van der Waals surface area contributed by atoms with Crippen LogP contribution in [0.3, 0.4) is 0 Å². The van der Waals surface area contributed by atoms with E-state index in [0.717, 1.165) is 36.1 Å². The second kappa shape index (κ2) is 12.5. The summed E-state index contributed by atoms with van der Waals surface area (Å²) in [5.41, 5.74) is 3.13. The molecule has 0 spiro atoms. The van der Waals surface area contributed by atoms with Gasteiger partial charge in [0.25, 0.3) is 0 Å². The third kappa shape index (κ3) is 7.57. The number of nitrogens with one attached hydrogen (secondary N) is 1. The summed E-state index contributed by atoms with van der Waals surface area (Å²) in [6, 6.07) is 13.1. The molecule has 2 aromatic carbocycles. The number of amides is 2. The topological polar surface area (TPSA) is 95.9 Å². The fourth-order valence-corrected chi connectivity index (χ4v) is 4.18. The molecule has 1 aliphatic rings. The van der Waals surface area contributed by atoms with Gasteiger partial charge in [-0.05, 0) is 67.6 Å². The molecule has 0 aliphatic carbocycles. The van der Waals surface area contributed by atoms with E-state index in [0.29, 0.717) is 24.4 Å². The Bertz CT molecular complexity index is 993. The Morgan fingerprint density at radius 3 is 2.47 bits per heavy atom. The van der Waals surface area contributed by atoms with E-state index in [-0.39, 0.29) is 37.4 Å². The molecule has 1 fully saturated rings. The highest BCUT2D eigenvalue weighted by Gasteiger charge is 2.28. The SMILES string of the molecule is Cc1cc(CCCCN[C@@H](CC(=O)O)c2ccc(Cl)cc2)ccc1OCCN1C(=O)CCC1=O. The molecule has 0 aromatic heterocycles. The highest BCUT2D eigenvalue weighted by Crippen LogP contribution is 2.22. The number of likely N-dealkylation sites (tertiary alicyclic amines) is 1. The molecular weight excluding hydrogens is 456 g/mol. The summed E-state index contributed by atoms with van der Waals surface area (Å²) >= 11 is 5.94. The molecule has 2 aromatic rings. The minimum absolute atomic E-state index is 0.0162. The van der Waals surface area contributed by atoms with Crippen molar-refractivity contribution in [1.82, 2.24) is 10.2 Å². The summed E-state index contributed by atoms with van der Waals surface area (Å²) in [6.45, 7) is 3.27. The van der Waals surface area contributed by atoms with Crippen molar-refractivity contribution in [1.29, 1.82) is 0 Å². The number of halogens is 1. The number of rotatable bonds is 13. The number of carboxylic acid groups (broad SMARTS) is 1. The minimum atomic E-state index is -0.844. The van der Waals surface area contributed by atoms with E-state index in [1.165, 1.54) is 10.5 Å². The third-order valence-electron chi connectivity index (χ3n) is 5.90. The van der Waals surface area contributed by atoms with Gasteiger partial charge in [-0.15, -0.1) is 0 Å². The lowest BCUT2D eigenvalue weighted by atomic mass is 10.0. The first-order valence-electron chi connectivity index (χ1n) is 11.6. The van der Waals surface area contributed by atoms with E-state index >= 15 is 0 Å². The molecule has 0 bridgehead atoms. The molecule has 8 heteroatoms. The molecule has 1 heterocycles. The lowest BCUT2D eigenvalue weighted by Gasteiger charge is -2.17. The molecule has 1 atom stereocenters. The largest absolute Gasteiger partial charge is 0.491 e. The van der Waals surface area contributed by atoms with Crippen LogP contribution in [0.1, 0.15) is 54.8 Å². The van der Waals surface area contributed by atoms with Gasteiger partial charge in [-0.2, -0.15) is 0 Å². The smallest absolute Gasteiger partial charge is 0.305 e. The number of aliphatic carboxylic acids is 1. The normalized spacial score (nSPS) is 14.5. The summed E-state index contributed by atoms with van der Waals surface area (Å²) in [5.74, 6) is -0.344. The number of nitrogens with zero attached hydrogens (tertiary/aromatic N) is 1. The summed E-state index contributed by atoms with van der Waals surface area (Å²) in [7, 11) is 0. The number of unbranched alkanes of at least 4 members (excludes halogenated alkanes) is 1. The molecule has 2 amide bonds. The Balaban J connectivity index is 1.40. The zero-order chi connectivity index (χ0) is 24.5. The van der Waals surface area contributed by atoms with Crippen LogP contribution in [0.5, 0.6) is 5.75 Å². The number of aryl methyl sites for hydroxylation is 2. The van der Waals surface area contributed by atoms with Crippen LogP contribution in [0.15, 0.2) is 42.5 Å². The molecule has 182 valence electrons. The number of hydrogen-bond donors (Lipinski definition) is 2. The first kappa shape index (κ1) is 25.7. The monoisotopic (exact) mass is 486 g/mol. The van der Waals surface area contributed by atoms with Crippen LogP contribution in [0.2, 0.25) is 5.02 Å². The van der Waals surface area contributed by atoms with Crippen LogP contribution in [-0.4, -0.2) is 47.5 Å². The lowest BCUT2D eigenvalue weighted by molar-refractivity contribution is -0.139. The summed E-state index contributed by atoms with van der Waals surface area (Å²) in [6.07, 6.45) is 3.39. The van der Waals surface area contributed by atoms with Gasteiger partial charge >= 0.3 is 5.97 Å². The fourth-order valence-electron chi connectivity index (χ4n) is 4.06. The van der Waals surface area contributed by atoms with Crippen molar-refractivity contribution in [3.8, 4) is 5.75 Å². The van der Waals surface area contributed by atoms with Gasteiger partial charge < -0.3 is 15.2 Å². The van der Waals surface area contributed by atoms with E-state index in [1.807, 2.05) is 31.2 Å². The van der Waals surface area contributed by atoms with Gasteiger partial charge in [0.1, 0.15) is 12.4 Å². The van der Waals surface area contributed by atoms with E-state index in [4.69, 9.17) is 16.3 Å². The number of carbonyl (C=O) groups is 3. The average molecular weight is 487 g/mol. The van der Waals surface area contributed by atoms with Crippen molar-refractivity contribution in [2.24, 2.45) is 0 Å². The Hall–Kier alpha value is -2.90. The Kier molecular flexibility index (Phi) is 9.48. The van der Waals surface area contributed by atoms with Crippen LogP contribution in [0.4, 0.5) is 0 Å². The first-order valence-corrected chi connectivity index (χ1v) is 12.0. The molecule has 0 unspecified atom stereocenters.